The highest BCUT2D eigenvalue weighted by atomic mass is 15.2. The molecular formula is C8H9N3. The number of fused-ring (bicyclic) bond motifs is 1. The lowest BCUT2D eigenvalue weighted by Gasteiger charge is -2.00. The molecule has 0 saturated heterocycles. The number of nitrogens with zero attached hydrogens (tertiary/aromatic N) is 3. The van der Waals surface area contributed by atoms with E-state index in [1.54, 1.807) is 6.21 Å². The first-order valence-electron chi connectivity index (χ1n) is 3.58. The smallest absolute Gasteiger partial charge is 0.0732 e. The highest BCUT2D eigenvalue weighted by Crippen LogP contribution is 2.03. The summed E-state index contributed by atoms with van der Waals surface area (Å²) in [5.74, 6) is 0. The van der Waals surface area contributed by atoms with Crippen LogP contribution in [0.25, 0.3) is 0 Å². The standard InChI is InChI=1S/C8H9N3/c1-7-6-11-4-2-3-8(11)5-9-10-7/h2-5H,6H2,1H3. The van der Waals surface area contributed by atoms with Crippen LogP contribution >= 0.6 is 0 Å². The van der Waals surface area contributed by atoms with Crippen LogP contribution in [0.3, 0.4) is 0 Å². The number of rotatable bonds is 0. The Morgan fingerprint density at radius 1 is 1.55 bits per heavy atom. The molecule has 0 fully saturated rings. The van der Waals surface area contributed by atoms with Crippen LogP contribution in [0, 0.1) is 0 Å². The van der Waals surface area contributed by atoms with Gasteiger partial charge in [-0.2, -0.15) is 10.2 Å². The molecule has 11 heavy (non-hydrogen) atoms. The summed E-state index contributed by atoms with van der Waals surface area (Å²) >= 11 is 0. The van der Waals surface area contributed by atoms with Crippen molar-refractivity contribution in [3.8, 4) is 0 Å². The predicted octanol–water partition coefficient (Wildman–Crippen LogP) is 1.30. The molecule has 0 amide bonds. The fourth-order valence-corrected chi connectivity index (χ4v) is 1.15. The van der Waals surface area contributed by atoms with Gasteiger partial charge in [0.2, 0.25) is 0 Å². The van der Waals surface area contributed by atoms with Crippen LogP contribution in [0.1, 0.15) is 12.6 Å². The summed E-state index contributed by atoms with van der Waals surface area (Å²) in [6, 6.07) is 4.04. The number of hydrogen-bond donors (Lipinski definition) is 0. The van der Waals surface area contributed by atoms with Gasteiger partial charge in [0.05, 0.1) is 24.2 Å². The maximum Gasteiger partial charge on any atom is 0.0732 e. The maximum absolute atomic E-state index is 3.98. The minimum Gasteiger partial charge on any atom is -0.341 e. The van der Waals surface area contributed by atoms with Gasteiger partial charge in [-0.05, 0) is 19.1 Å². The third kappa shape index (κ3) is 1.09. The average Bonchev–Trinajstić information content (AvgIpc) is 2.31. The van der Waals surface area contributed by atoms with E-state index >= 15 is 0 Å². The Hall–Kier alpha value is -1.38. The molecule has 0 aromatic carbocycles. The molecule has 0 aliphatic carbocycles. The summed E-state index contributed by atoms with van der Waals surface area (Å²) in [5.41, 5.74) is 2.15. The first-order chi connectivity index (χ1) is 5.36. The molecule has 0 bridgehead atoms. The van der Waals surface area contributed by atoms with Crippen molar-refractivity contribution >= 4 is 11.9 Å². The second kappa shape index (κ2) is 2.34. The van der Waals surface area contributed by atoms with Crippen molar-refractivity contribution in [2.24, 2.45) is 10.2 Å². The molecule has 2 heterocycles. The van der Waals surface area contributed by atoms with Gasteiger partial charge in [-0.1, -0.05) is 0 Å². The third-order valence-corrected chi connectivity index (χ3v) is 1.68. The topological polar surface area (TPSA) is 29.6 Å². The number of aromatic nitrogens is 1. The van der Waals surface area contributed by atoms with Gasteiger partial charge in [0.1, 0.15) is 0 Å². The quantitative estimate of drug-likeness (QED) is 0.529. The molecular weight excluding hydrogens is 138 g/mol. The van der Waals surface area contributed by atoms with Gasteiger partial charge in [0.15, 0.2) is 0 Å². The molecule has 0 N–H and O–H groups in total. The van der Waals surface area contributed by atoms with E-state index in [2.05, 4.69) is 14.8 Å². The summed E-state index contributed by atoms with van der Waals surface area (Å²) in [4.78, 5) is 0. The molecule has 1 aromatic rings. The molecule has 0 radical (unpaired) electrons. The predicted molar refractivity (Wildman–Crippen MR) is 45.1 cm³/mol. The minimum absolute atomic E-state index is 0.850. The Balaban J connectivity index is 2.47. The van der Waals surface area contributed by atoms with E-state index < -0.39 is 0 Å². The van der Waals surface area contributed by atoms with Crippen LogP contribution in [-0.2, 0) is 6.54 Å². The second-order valence-corrected chi connectivity index (χ2v) is 2.64. The van der Waals surface area contributed by atoms with Gasteiger partial charge >= 0.3 is 0 Å². The Kier molecular flexibility index (Phi) is 1.35. The van der Waals surface area contributed by atoms with E-state index in [0.717, 1.165) is 18.0 Å². The molecule has 3 nitrogen and oxygen atoms in total. The monoisotopic (exact) mass is 147 g/mol. The lowest BCUT2D eigenvalue weighted by Crippen LogP contribution is -2.05. The first-order valence-corrected chi connectivity index (χ1v) is 3.58. The number of hydrogen-bond acceptors (Lipinski definition) is 2. The average molecular weight is 147 g/mol. The normalized spacial score (nSPS) is 15.5. The molecule has 1 aliphatic rings. The minimum atomic E-state index is 0.850. The van der Waals surface area contributed by atoms with E-state index in [0.29, 0.717) is 0 Å². The first kappa shape index (κ1) is 6.34. The SMILES string of the molecule is CC1=NN=Cc2cccn2C1. The molecule has 2 rings (SSSR count). The maximum atomic E-state index is 3.98. The van der Waals surface area contributed by atoms with E-state index in [1.165, 1.54) is 0 Å². The van der Waals surface area contributed by atoms with Gasteiger partial charge in [-0.15, -0.1) is 0 Å². The highest BCUT2D eigenvalue weighted by Gasteiger charge is 2.01. The van der Waals surface area contributed by atoms with Crippen LogP contribution in [0.4, 0.5) is 0 Å². The van der Waals surface area contributed by atoms with Crippen molar-refractivity contribution in [3.05, 3.63) is 24.0 Å². The van der Waals surface area contributed by atoms with Crippen LogP contribution < -0.4 is 0 Å². The fraction of sp³-hybridized carbons (Fsp3) is 0.250. The molecule has 1 aromatic heterocycles. The second-order valence-electron chi connectivity index (χ2n) is 2.64. The van der Waals surface area contributed by atoms with Gasteiger partial charge in [0, 0.05) is 6.20 Å². The summed E-state index contributed by atoms with van der Waals surface area (Å²) in [5, 5.41) is 7.88. The van der Waals surface area contributed by atoms with Crippen molar-refractivity contribution in [2.45, 2.75) is 13.5 Å². The van der Waals surface area contributed by atoms with E-state index in [4.69, 9.17) is 0 Å². The van der Waals surface area contributed by atoms with Gasteiger partial charge in [-0.25, -0.2) is 0 Å². The highest BCUT2D eigenvalue weighted by molar-refractivity contribution is 5.86. The van der Waals surface area contributed by atoms with Gasteiger partial charge in [0.25, 0.3) is 0 Å². The largest absolute Gasteiger partial charge is 0.341 e. The zero-order valence-electron chi connectivity index (χ0n) is 6.36. The van der Waals surface area contributed by atoms with Crippen molar-refractivity contribution in [1.29, 1.82) is 0 Å². The molecule has 0 atom stereocenters. The van der Waals surface area contributed by atoms with Crippen molar-refractivity contribution < 1.29 is 0 Å². The molecule has 0 spiro atoms. The Labute approximate surface area is 65.1 Å². The molecule has 0 unspecified atom stereocenters. The molecule has 3 heteroatoms. The van der Waals surface area contributed by atoms with E-state index in [9.17, 15) is 0 Å². The molecule has 0 saturated carbocycles. The van der Waals surface area contributed by atoms with Gasteiger partial charge in [-0.3, -0.25) is 0 Å². The summed E-state index contributed by atoms with van der Waals surface area (Å²) < 4.78 is 2.12. The van der Waals surface area contributed by atoms with Crippen LogP contribution in [0.2, 0.25) is 0 Å². The molecule has 56 valence electrons. The fourth-order valence-electron chi connectivity index (χ4n) is 1.15. The lowest BCUT2D eigenvalue weighted by atomic mass is 10.4. The molecule has 1 aliphatic heterocycles. The Morgan fingerprint density at radius 2 is 2.45 bits per heavy atom. The van der Waals surface area contributed by atoms with E-state index in [1.807, 2.05) is 25.3 Å². The van der Waals surface area contributed by atoms with Crippen LogP contribution in [0.5, 0.6) is 0 Å². The van der Waals surface area contributed by atoms with Gasteiger partial charge < -0.3 is 4.57 Å². The summed E-state index contributed by atoms with van der Waals surface area (Å²) in [7, 11) is 0. The van der Waals surface area contributed by atoms with Crippen molar-refractivity contribution in [1.82, 2.24) is 4.57 Å². The van der Waals surface area contributed by atoms with Crippen LogP contribution in [0.15, 0.2) is 28.5 Å². The van der Waals surface area contributed by atoms with Crippen molar-refractivity contribution in [2.75, 3.05) is 0 Å². The summed E-state index contributed by atoms with van der Waals surface area (Å²) in [6.07, 6.45) is 3.81. The van der Waals surface area contributed by atoms with Crippen LogP contribution in [-0.4, -0.2) is 16.5 Å². The van der Waals surface area contributed by atoms with Crippen molar-refractivity contribution in [3.63, 3.8) is 0 Å². The Morgan fingerprint density at radius 3 is 3.36 bits per heavy atom. The lowest BCUT2D eigenvalue weighted by molar-refractivity contribution is 0.854. The Bertz CT molecular complexity index is 320. The zero-order valence-corrected chi connectivity index (χ0v) is 6.36. The summed E-state index contributed by atoms with van der Waals surface area (Å²) in [6.45, 7) is 2.83. The third-order valence-electron chi connectivity index (χ3n) is 1.68. The zero-order chi connectivity index (χ0) is 7.68. The van der Waals surface area contributed by atoms with E-state index in [-0.39, 0.29) is 0 Å².